The number of rotatable bonds is 5. The summed E-state index contributed by atoms with van der Waals surface area (Å²) in [5.74, 6) is -1.33. The summed E-state index contributed by atoms with van der Waals surface area (Å²) in [5, 5.41) is 13.7. The highest BCUT2D eigenvalue weighted by molar-refractivity contribution is 8.14. The number of H-pyrrole nitrogens is 1. The van der Waals surface area contributed by atoms with Crippen molar-refractivity contribution < 1.29 is 19.5 Å². The molecule has 2 heterocycles. The maximum Gasteiger partial charge on any atom is 0.326 e. The van der Waals surface area contributed by atoms with Crippen LogP contribution in [-0.2, 0) is 16.0 Å². The highest BCUT2D eigenvalue weighted by Gasteiger charge is 2.31. The van der Waals surface area contributed by atoms with E-state index in [4.69, 9.17) is 5.11 Å². The third-order valence-electron chi connectivity index (χ3n) is 2.58. The Balaban J connectivity index is 1.95. The average molecular weight is 284 g/mol. The van der Waals surface area contributed by atoms with Crippen LogP contribution in [-0.4, -0.2) is 50.0 Å². The monoisotopic (exact) mass is 284 g/mol. The molecular formula is C10H12N4O4S. The third-order valence-corrected chi connectivity index (χ3v) is 3.46. The van der Waals surface area contributed by atoms with Crippen LogP contribution in [0.5, 0.6) is 0 Å². The second-order valence-electron chi connectivity index (χ2n) is 3.98. The SMILES string of the molecule is O=C1NC(C(=O)N[C@H](Cc2cnc[nH]2)C(=O)O)CS1. The lowest BCUT2D eigenvalue weighted by atomic mass is 10.1. The Hall–Kier alpha value is -2.03. The van der Waals surface area contributed by atoms with Gasteiger partial charge in [0.1, 0.15) is 12.1 Å². The minimum atomic E-state index is -1.14. The third kappa shape index (κ3) is 3.47. The molecule has 1 saturated heterocycles. The molecule has 0 spiro atoms. The molecule has 9 heteroatoms. The van der Waals surface area contributed by atoms with Gasteiger partial charge in [0.15, 0.2) is 0 Å². The van der Waals surface area contributed by atoms with Crippen molar-refractivity contribution in [2.75, 3.05) is 5.75 Å². The fraction of sp³-hybridized carbons (Fsp3) is 0.400. The van der Waals surface area contributed by atoms with Crippen molar-refractivity contribution in [3.05, 3.63) is 18.2 Å². The molecule has 1 unspecified atom stereocenters. The van der Waals surface area contributed by atoms with Crippen LogP contribution in [0.3, 0.4) is 0 Å². The molecular weight excluding hydrogens is 272 g/mol. The molecule has 1 fully saturated rings. The van der Waals surface area contributed by atoms with Crippen molar-refractivity contribution in [2.24, 2.45) is 0 Å². The molecule has 1 aromatic heterocycles. The second kappa shape index (κ2) is 5.74. The predicted octanol–water partition coefficient (Wildman–Crippen LogP) is -0.653. The summed E-state index contributed by atoms with van der Waals surface area (Å²) in [6.07, 6.45) is 3.04. The maximum atomic E-state index is 11.8. The quantitative estimate of drug-likeness (QED) is 0.569. The number of carboxylic acids is 1. The molecule has 4 N–H and O–H groups in total. The molecule has 0 saturated carbocycles. The van der Waals surface area contributed by atoms with E-state index in [1.807, 2.05) is 0 Å². The first-order chi connectivity index (χ1) is 9.06. The van der Waals surface area contributed by atoms with Crippen molar-refractivity contribution in [3.8, 4) is 0 Å². The van der Waals surface area contributed by atoms with E-state index in [1.54, 1.807) is 0 Å². The van der Waals surface area contributed by atoms with Crippen molar-refractivity contribution in [1.82, 2.24) is 20.6 Å². The van der Waals surface area contributed by atoms with E-state index in [9.17, 15) is 14.4 Å². The Kier molecular flexibility index (Phi) is 4.05. The molecule has 2 rings (SSSR count). The molecule has 2 amide bonds. The summed E-state index contributed by atoms with van der Waals surface area (Å²) >= 11 is 1.00. The predicted molar refractivity (Wildman–Crippen MR) is 66.6 cm³/mol. The van der Waals surface area contributed by atoms with Gasteiger partial charge in [-0.3, -0.25) is 9.59 Å². The number of aromatic amines is 1. The number of imidazole rings is 1. The van der Waals surface area contributed by atoms with Crippen LogP contribution in [0.4, 0.5) is 4.79 Å². The lowest BCUT2D eigenvalue weighted by molar-refractivity contribution is -0.142. The Bertz CT molecular complexity index is 490. The summed E-state index contributed by atoms with van der Waals surface area (Å²) in [5.41, 5.74) is 0.609. The van der Waals surface area contributed by atoms with Gasteiger partial charge in [0.2, 0.25) is 5.91 Å². The summed E-state index contributed by atoms with van der Waals surface area (Å²) in [4.78, 5) is 40.4. The van der Waals surface area contributed by atoms with Gasteiger partial charge in [-0.15, -0.1) is 0 Å². The number of aromatic nitrogens is 2. The van der Waals surface area contributed by atoms with Crippen LogP contribution < -0.4 is 10.6 Å². The molecule has 102 valence electrons. The molecule has 1 aliphatic rings. The van der Waals surface area contributed by atoms with Crippen molar-refractivity contribution in [1.29, 1.82) is 0 Å². The fourth-order valence-corrected chi connectivity index (χ4v) is 2.39. The van der Waals surface area contributed by atoms with Crippen molar-refractivity contribution in [2.45, 2.75) is 18.5 Å². The lowest BCUT2D eigenvalue weighted by Crippen LogP contribution is -2.50. The van der Waals surface area contributed by atoms with Gasteiger partial charge in [-0.05, 0) is 0 Å². The highest BCUT2D eigenvalue weighted by atomic mass is 32.2. The average Bonchev–Trinajstić information content (AvgIpc) is 2.99. The summed E-state index contributed by atoms with van der Waals surface area (Å²) in [7, 11) is 0. The Morgan fingerprint density at radius 3 is 2.95 bits per heavy atom. The van der Waals surface area contributed by atoms with Gasteiger partial charge >= 0.3 is 5.97 Å². The molecule has 0 aromatic carbocycles. The van der Waals surface area contributed by atoms with E-state index in [0.717, 1.165) is 11.8 Å². The van der Waals surface area contributed by atoms with E-state index < -0.39 is 24.0 Å². The van der Waals surface area contributed by atoms with Crippen LogP contribution in [0, 0.1) is 0 Å². The largest absolute Gasteiger partial charge is 0.480 e. The zero-order valence-electron chi connectivity index (χ0n) is 9.75. The van der Waals surface area contributed by atoms with Crippen LogP contribution in [0.15, 0.2) is 12.5 Å². The fourth-order valence-electron chi connectivity index (χ4n) is 1.61. The van der Waals surface area contributed by atoms with Gasteiger partial charge in [0.25, 0.3) is 5.24 Å². The van der Waals surface area contributed by atoms with Crippen molar-refractivity contribution in [3.63, 3.8) is 0 Å². The Morgan fingerprint density at radius 1 is 1.63 bits per heavy atom. The number of amides is 2. The molecule has 1 aliphatic heterocycles. The zero-order valence-corrected chi connectivity index (χ0v) is 10.6. The summed E-state index contributed by atoms with van der Waals surface area (Å²) in [6, 6.07) is -1.74. The van der Waals surface area contributed by atoms with Gasteiger partial charge < -0.3 is 20.7 Å². The van der Waals surface area contributed by atoms with Crippen LogP contribution in [0.2, 0.25) is 0 Å². The Labute approximate surface area is 112 Å². The lowest BCUT2D eigenvalue weighted by Gasteiger charge is -2.16. The first-order valence-electron chi connectivity index (χ1n) is 5.50. The number of hydrogen-bond donors (Lipinski definition) is 4. The van der Waals surface area contributed by atoms with Crippen molar-refractivity contribution >= 4 is 28.9 Å². The molecule has 0 aliphatic carbocycles. The van der Waals surface area contributed by atoms with Gasteiger partial charge in [-0.1, -0.05) is 11.8 Å². The molecule has 0 radical (unpaired) electrons. The van der Waals surface area contributed by atoms with Gasteiger partial charge in [-0.2, -0.15) is 0 Å². The van der Waals surface area contributed by atoms with E-state index in [2.05, 4.69) is 20.6 Å². The van der Waals surface area contributed by atoms with E-state index >= 15 is 0 Å². The summed E-state index contributed by atoms with van der Waals surface area (Å²) < 4.78 is 0. The smallest absolute Gasteiger partial charge is 0.326 e. The minimum Gasteiger partial charge on any atom is -0.480 e. The molecule has 19 heavy (non-hydrogen) atoms. The topological polar surface area (TPSA) is 124 Å². The molecule has 8 nitrogen and oxygen atoms in total. The number of nitrogens with zero attached hydrogens (tertiary/aromatic N) is 1. The number of nitrogens with one attached hydrogen (secondary N) is 3. The number of carbonyl (C=O) groups excluding carboxylic acids is 2. The minimum absolute atomic E-state index is 0.106. The highest BCUT2D eigenvalue weighted by Crippen LogP contribution is 2.13. The zero-order chi connectivity index (χ0) is 13.8. The number of hydrogen-bond acceptors (Lipinski definition) is 5. The molecule has 0 bridgehead atoms. The number of carboxylic acid groups (broad SMARTS) is 1. The Morgan fingerprint density at radius 2 is 2.42 bits per heavy atom. The number of thioether (sulfide) groups is 1. The standard InChI is InChI=1S/C10H12N4O4S/c15-8(7-3-19-10(18)14-7)13-6(9(16)17)1-5-2-11-4-12-5/h2,4,6-7H,1,3H2,(H,11,12)(H,13,15)(H,14,18)(H,16,17)/t6-,7?/m1/s1. The van der Waals surface area contributed by atoms with E-state index in [-0.39, 0.29) is 11.7 Å². The molecule has 2 atom stereocenters. The number of carbonyl (C=O) groups is 3. The molecule has 1 aromatic rings. The van der Waals surface area contributed by atoms with Gasteiger partial charge in [0, 0.05) is 24.1 Å². The normalized spacial score (nSPS) is 19.8. The maximum absolute atomic E-state index is 11.8. The van der Waals surface area contributed by atoms with Crippen LogP contribution in [0.25, 0.3) is 0 Å². The van der Waals surface area contributed by atoms with Gasteiger partial charge in [0.05, 0.1) is 6.33 Å². The first-order valence-corrected chi connectivity index (χ1v) is 6.48. The van der Waals surface area contributed by atoms with Crippen LogP contribution >= 0.6 is 11.8 Å². The number of aliphatic carboxylic acids is 1. The second-order valence-corrected chi connectivity index (χ2v) is 4.97. The van der Waals surface area contributed by atoms with E-state index in [0.29, 0.717) is 11.4 Å². The van der Waals surface area contributed by atoms with Crippen LogP contribution in [0.1, 0.15) is 5.69 Å². The summed E-state index contributed by atoms with van der Waals surface area (Å²) in [6.45, 7) is 0. The first kappa shape index (κ1) is 13.4. The van der Waals surface area contributed by atoms with Gasteiger partial charge in [-0.25, -0.2) is 9.78 Å². The van der Waals surface area contributed by atoms with E-state index in [1.165, 1.54) is 12.5 Å².